The van der Waals surface area contributed by atoms with Crippen molar-refractivity contribution >= 4 is 61.1 Å². The molecule has 6 nitrogen and oxygen atoms in total. The first-order chi connectivity index (χ1) is 41.2. The van der Waals surface area contributed by atoms with Crippen LogP contribution in [0.2, 0.25) is 0 Å². The van der Waals surface area contributed by atoms with Crippen LogP contribution in [0.5, 0.6) is 0 Å². The summed E-state index contributed by atoms with van der Waals surface area (Å²) in [5.41, 5.74) is -2.60. The number of hydrogen-bond acceptors (Lipinski definition) is 5. The third kappa shape index (κ3) is 6.40. The highest BCUT2D eigenvalue weighted by atomic mass is 16.3. The summed E-state index contributed by atoms with van der Waals surface area (Å²) in [5, 5.41) is 0.533. The molecule has 3 heterocycles. The van der Waals surface area contributed by atoms with Crippen LogP contribution in [0.25, 0.3) is 94.5 Å². The third-order valence-corrected chi connectivity index (χ3v) is 10.2. The molecule has 0 amide bonds. The van der Waals surface area contributed by atoms with Crippen molar-refractivity contribution in [3.8, 4) is 50.7 Å². The molecule has 12 rings (SSSR count). The third-order valence-electron chi connectivity index (χ3n) is 10.2. The second-order valence-corrected chi connectivity index (χ2v) is 13.8. The number of anilines is 3. The van der Waals surface area contributed by atoms with Crippen molar-refractivity contribution < 1.29 is 37.3 Å². The molecule has 0 unspecified atom stereocenters. The largest absolute Gasteiger partial charge is 0.456 e. The summed E-state index contributed by atoms with van der Waals surface area (Å²) in [6.45, 7) is 0. The summed E-state index contributed by atoms with van der Waals surface area (Å²) < 4.78 is 223. The molecule has 0 atom stereocenters. The van der Waals surface area contributed by atoms with Crippen molar-refractivity contribution in [3.63, 3.8) is 0 Å². The number of benzene rings is 9. The van der Waals surface area contributed by atoms with E-state index in [1.807, 2.05) is 24.3 Å². The van der Waals surface area contributed by atoms with E-state index in [-0.39, 0.29) is 11.4 Å². The quantitative estimate of drug-likeness (QED) is 0.153. The van der Waals surface area contributed by atoms with Gasteiger partial charge < -0.3 is 4.42 Å². The fraction of sp³-hybridized carbons (Fsp3) is 0. The van der Waals surface area contributed by atoms with E-state index in [0.717, 1.165) is 27.0 Å². The Bertz CT molecular complexity index is 5030. The van der Waals surface area contributed by atoms with Gasteiger partial charge in [0.05, 0.1) is 43.9 Å². The lowest BCUT2D eigenvalue weighted by atomic mass is 9.98. The molecule has 296 valence electrons. The number of furan rings is 1. The minimum absolute atomic E-state index is 0.133. The molecule has 0 spiro atoms. The fourth-order valence-corrected chi connectivity index (χ4v) is 7.47. The fourth-order valence-electron chi connectivity index (χ4n) is 7.47. The molecule has 0 aliphatic carbocycles. The lowest BCUT2D eigenvalue weighted by molar-refractivity contribution is 0.669. The van der Waals surface area contributed by atoms with Gasteiger partial charge in [-0.05, 0) is 87.9 Å². The van der Waals surface area contributed by atoms with E-state index in [2.05, 4.69) is 0 Å². The summed E-state index contributed by atoms with van der Waals surface area (Å²) in [6.07, 6.45) is 0. The van der Waals surface area contributed by atoms with Crippen LogP contribution in [0.15, 0.2) is 228 Å². The van der Waals surface area contributed by atoms with E-state index in [1.54, 1.807) is 42.5 Å². The van der Waals surface area contributed by atoms with Crippen LogP contribution in [0.3, 0.4) is 0 Å². The van der Waals surface area contributed by atoms with Gasteiger partial charge in [-0.3, -0.25) is 9.47 Å². The highest BCUT2D eigenvalue weighted by Gasteiger charge is 2.23. The first-order valence-electron chi connectivity index (χ1n) is 31.1. The maximum atomic E-state index is 10.00. The highest BCUT2D eigenvalue weighted by Crippen LogP contribution is 2.40. The lowest BCUT2D eigenvalue weighted by Gasteiger charge is -2.24. The van der Waals surface area contributed by atoms with Gasteiger partial charge >= 0.3 is 0 Å². The maximum absolute atomic E-state index is 10.00. The highest BCUT2D eigenvalue weighted by molar-refractivity contribution is 6.13. The van der Waals surface area contributed by atoms with Crippen molar-refractivity contribution in [1.82, 2.24) is 19.5 Å². The molecule has 0 saturated carbocycles. The van der Waals surface area contributed by atoms with Crippen LogP contribution in [-0.4, -0.2) is 19.5 Å². The van der Waals surface area contributed by atoms with Gasteiger partial charge in [0.25, 0.3) is 0 Å². The van der Waals surface area contributed by atoms with Gasteiger partial charge in [0.15, 0.2) is 5.82 Å². The maximum Gasteiger partial charge on any atom is 0.240 e. The van der Waals surface area contributed by atoms with Crippen molar-refractivity contribution in [1.29, 1.82) is 0 Å². The molecule has 0 aliphatic rings. The Hall–Kier alpha value is -8.61. The molecule has 6 heteroatoms. The van der Waals surface area contributed by atoms with E-state index in [1.165, 1.54) is 0 Å². The van der Waals surface area contributed by atoms with Crippen molar-refractivity contribution in [2.24, 2.45) is 0 Å². The number of hydrogen-bond donors (Lipinski definition) is 0. The van der Waals surface area contributed by atoms with Crippen molar-refractivity contribution in [2.75, 3.05) is 4.90 Å². The summed E-state index contributed by atoms with van der Waals surface area (Å²) in [6, 6.07) is 1.30. The summed E-state index contributed by atoms with van der Waals surface area (Å²) in [7, 11) is 0. The zero-order valence-electron chi connectivity index (χ0n) is 56.1. The molecule has 12 aromatic rings. The van der Waals surface area contributed by atoms with Gasteiger partial charge in [-0.1, -0.05) is 169 Å². The number of nitrogens with zero attached hydrogens (tertiary/aromatic N) is 5. The second-order valence-electron chi connectivity index (χ2n) is 13.8. The van der Waals surface area contributed by atoms with Crippen LogP contribution in [0.4, 0.5) is 17.3 Å². The molecule has 63 heavy (non-hydrogen) atoms. The summed E-state index contributed by atoms with van der Waals surface area (Å²) in [4.78, 5) is 15.5. The van der Waals surface area contributed by atoms with Crippen LogP contribution < -0.4 is 4.90 Å². The molecule has 0 N–H and O–H groups in total. The monoisotopic (exact) mass is 831 g/mol. The van der Waals surface area contributed by atoms with E-state index < -0.39 is 212 Å². The Morgan fingerprint density at radius 2 is 1.13 bits per heavy atom. The molecule has 3 aromatic heterocycles. The van der Waals surface area contributed by atoms with Gasteiger partial charge in [-0.2, -0.15) is 15.0 Å². The van der Waals surface area contributed by atoms with Crippen molar-refractivity contribution in [2.45, 2.75) is 0 Å². The second kappa shape index (κ2) is 15.1. The molecular formula is C57H37N5O. The lowest BCUT2D eigenvalue weighted by Crippen LogP contribution is -2.16. The van der Waals surface area contributed by atoms with Crippen LogP contribution in [0, 0.1) is 0 Å². The minimum atomic E-state index is -0.877. The average molecular weight is 832 g/mol. The van der Waals surface area contributed by atoms with Gasteiger partial charge in [0.1, 0.15) is 11.2 Å². The molecule has 0 aliphatic heterocycles. The Balaban J connectivity index is 1.27. The number of aromatic nitrogens is 4. The minimum Gasteiger partial charge on any atom is -0.456 e. The molecular weight excluding hydrogens is 771 g/mol. The van der Waals surface area contributed by atoms with Gasteiger partial charge in [-0.15, -0.1) is 0 Å². The predicted octanol–water partition coefficient (Wildman–Crippen LogP) is 15.0. The number of rotatable bonds is 8. The van der Waals surface area contributed by atoms with E-state index in [0.29, 0.717) is 27.7 Å². The van der Waals surface area contributed by atoms with Crippen LogP contribution >= 0.6 is 0 Å². The first-order valence-corrected chi connectivity index (χ1v) is 19.1. The molecule has 0 radical (unpaired) electrons. The van der Waals surface area contributed by atoms with E-state index in [4.69, 9.17) is 41.3 Å². The zero-order chi connectivity index (χ0) is 62.6. The predicted molar refractivity (Wildman–Crippen MR) is 258 cm³/mol. The van der Waals surface area contributed by atoms with Crippen molar-refractivity contribution in [3.05, 3.63) is 224 Å². The Kier molecular flexibility index (Phi) is 4.66. The summed E-state index contributed by atoms with van der Waals surface area (Å²) in [5.74, 6) is -1.80. The van der Waals surface area contributed by atoms with Gasteiger partial charge in [0, 0.05) is 38.5 Å². The smallest absolute Gasteiger partial charge is 0.240 e. The van der Waals surface area contributed by atoms with E-state index in [9.17, 15) is 11.0 Å². The normalized spacial score (nSPS) is 16.8. The first kappa shape index (κ1) is 19.4. The average Bonchev–Trinajstić information content (AvgIpc) is 1.59. The van der Waals surface area contributed by atoms with Gasteiger partial charge in [0.2, 0.25) is 11.9 Å². The zero-order valence-corrected chi connectivity index (χ0v) is 32.1. The van der Waals surface area contributed by atoms with E-state index >= 15 is 0 Å². The standard InChI is InChI=1S/C57H37N5O/c1-4-17-38(18-5-1)40-21-15-26-45(36-40)61(44-24-8-3-9-25-44)56-58-55(43-23-14-22-42(35-43)46-29-16-32-53-54(46)49-28-11-13-31-52(49)63-53)59-57(60-56)62-50-30-12-10-27-47(50)48-34-33-41(37-51(48)62)39-19-6-2-7-20-39/h1-37H/i1D,2D,3D,4D,5D,6D,7D,8D,9D,10D,12D,15D,17D,18D,19D,20D,21D,24D,27D,30D,33D,34D,36D,37D. The molecule has 0 fully saturated rings. The Morgan fingerprint density at radius 1 is 0.444 bits per heavy atom. The molecule has 0 saturated heterocycles. The van der Waals surface area contributed by atoms with Crippen LogP contribution in [-0.2, 0) is 0 Å². The van der Waals surface area contributed by atoms with Crippen LogP contribution in [0.1, 0.15) is 32.9 Å². The number of fused-ring (bicyclic) bond motifs is 6. The Morgan fingerprint density at radius 3 is 2.00 bits per heavy atom. The summed E-state index contributed by atoms with van der Waals surface area (Å²) >= 11 is 0. The molecule has 9 aromatic carbocycles. The molecule has 0 bridgehead atoms. The Labute approximate surface area is 397 Å². The topological polar surface area (TPSA) is 60.0 Å². The SMILES string of the molecule is [2H]c1cc(N(c2nc(-c3cccc(-c4cccc5oc6ccccc6c45)c3)nc(-n3c4c([2H])c([2H])c([2H])c([2H])c4c4c([2H])c([2H])c(-c5c([2H])c([2H])c([2H])c([2H])c5[2H])c([2H])c43)n2)c2cc([2H])c([2H])c(-c3c([2H])c([2H])c([2H])c([2H])c3[2H])c2[2H])c([2H])c([2H])c1[2H]. The number of para-hydroxylation sites is 3. The van der Waals surface area contributed by atoms with Gasteiger partial charge in [-0.25, -0.2) is 0 Å².